The first-order valence-corrected chi connectivity index (χ1v) is 5.89. The first-order chi connectivity index (χ1) is 7.10. The van der Waals surface area contributed by atoms with Gasteiger partial charge in [0.25, 0.3) is 0 Å². The molecule has 0 spiro atoms. The third kappa shape index (κ3) is 3.35. The molecule has 0 atom stereocenters. The molecule has 0 saturated heterocycles. The molecule has 2 N–H and O–H groups in total. The van der Waals surface area contributed by atoms with Crippen LogP contribution >= 0.6 is 0 Å². The summed E-state index contributed by atoms with van der Waals surface area (Å²) in [5.74, 6) is 0. The Hall–Kier alpha value is -0.820. The smallest absolute Gasteiger partial charge is 0.00741 e. The van der Waals surface area contributed by atoms with E-state index < -0.39 is 0 Å². The maximum atomic E-state index is 5.50. The molecule has 1 aromatic carbocycles. The van der Waals surface area contributed by atoms with Crippen molar-refractivity contribution in [1.29, 1.82) is 0 Å². The van der Waals surface area contributed by atoms with Crippen molar-refractivity contribution in [3.63, 3.8) is 0 Å². The second-order valence-corrected chi connectivity index (χ2v) is 4.83. The van der Waals surface area contributed by atoms with Crippen molar-refractivity contribution < 1.29 is 0 Å². The summed E-state index contributed by atoms with van der Waals surface area (Å²) >= 11 is 0. The van der Waals surface area contributed by atoms with Crippen molar-refractivity contribution in [2.45, 2.75) is 45.4 Å². The van der Waals surface area contributed by atoms with Crippen molar-refractivity contribution in [2.75, 3.05) is 6.54 Å². The first kappa shape index (κ1) is 12.3. The van der Waals surface area contributed by atoms with Crippen molar-refractivity contribution >= 4 is 0 Å². The number of benzene rings is 1. The minimum atomic E-state index is 0.298. The standard InChI is InChI=1S/C14H23N/c1-4-14(2,3)13-9-7-12(8-10-13)6-5-11-15/h7-10H,4-6,11,15H2,1-3H3. The van der Waals surface area contributed by atoms with Crippen LogP contribution in [0, 0.1) is 0 Å². The van der Waals surface area contributed by atoms with Crippen LogP contribution in [0.5, 0.6) is 0 Å². The van der Waals surface area contributed by atoms with E-state index >= 15 is 0 Å². The van der Waals surface area contributed by atoms with E-state index in [-0.39, 0.29) is 0 Å². The van der Waals surface area contributed by atoms with E-state index in [9.17, 15) is 0 Å². The highest BCUT2D eigenvalue weighted by Crippen LogP contribution is 2.26. The summed E-state index contributed by atoms with van der Waals surface area (Å²) in [4.78, 5) is 0. The highest BCUT2D eigenvalue weighted by molar-refractivity contribution is 5.28. The predicted molar refractivity (Wildman–Crippen MR) is 67.1 cm³/mol. The third-order valence-electron chi connectivity index (χ3n) is 3.29. The van der Waals surface area contributed by atoms with Gasteiger partial charge in [0.1, 0.15) is 0 Å². The molecular weight excluding hydrogens is 182 g/mol. The number of aryl methyl sites for hydroxylation is 1. The predicted octanol–water partition coefficient (Wildman–Crippen LogP) is 3.27. The fourth-order valence-corrected chi connectivity index (χ4v) is 1.63. The van der Waals surface area contributed by atoms with Gasteiger partial charge in [-0.1, -0.05) is 45.0 Å². The van der Waals surface area contributed by atoms with E-state index in [2.05, 4.69) is 45.0 Å². The number of hydrogen-bond acceptors (Lipinski definition) is 1. The SMILES string of the molecule is CCC(C)(C)c1ccc(CCCN)cc1. The number of nitrogens with two attached hydrogens (primary N) is 1. The van der Waals surface area contributed by atoms with Crippen molar-refractivity contribution in [1.82, 2.24) is 0 Å². The molecule has 0 amide bonds. The van der Waals surface area contributed by atoms with Crippen LogP contribution in [-0.2, 0) is 11.8 Å². The highest BCUT2D eigenvalue weighted by Gasteiger charge is 2.17. The Kier molecular flexibility index (Phi) is 4.34. The molecule has 84 valence electrons. The molecule has 0 heterocycles. The van der Waals surface area contributed by atoms with Crippen LogP contribution in [0.3, 0.4) is 0 Å². The molecule has 0 aliphatic carbocycles. The summed E-state index contributed by atoms with van der Waals surface area (Å²) in [6.07, 6.45) is 3.36. The normalized spacial score (nSPS) is 11.7. The van der Waals surface area contributed by atoms with Gasteiger partial charge in [-0.05, 0) is 42.3 Å². The van der Waals surface area contributed by atoms with Gasteiger partial charge in [-0.25, -0.2) is 0 Å². The van der Waals surface area contributed by atoms with Gasteiger partial charge in [-0.3, -0.25) is 0 Å². The average molecular weight is 205 g/mol. The quantitative estimate of drug-likeness (QED) is 0.784. The summed E-state index contributed by atoms with van der Waals surface area (Å²) in [5.41, 5.74) is 8.63. The lowest BCUT2D eigenvalue weighted by atomic mass is 9.82. The number of hydrogen-bond donors (Lipinski definition) is 1. The molecule has 0 aromatic heterocycles. The zero-order chi connectivity index (χ0) is 11.3. The van der Waals surface area contributed by atoms with Crippen LogP contribution in [0.25, 0.3) is 0 Å². The Morgan fingerprint density at radius 1 is 1.13 bits per heavy atom. The van der Waals surface area contributed by atoms with Crippen LogP contribution in [0.15, 0.2) is 24.3 Å². The van der Waals surface area contributed by atoms with E-state index in [0.717, 1.165) is 19.4 Å². The Morgan fingerprint density at radius 2 is 1.73 bits per heavy atom. The highest BCUT2D eigenvalue weighted by atomic mass is 14.5. The van der Waals surface area contributed by atoms with E-state index in [4.69, 9.17) is 5.73 Å². The van der Waals surface area contributed by atoms with Gasteiger partial charge in [0.2, 0.25) is 0 Å². The van der Waals surface area contributed by atoms with Gasteiger partial charge in [0, 0.05) is 0 Å². The summed E-state index contributed by atoms with van der Waals surface area (Å²) in [6.45, 7) is 7.61. The molecule has 1 heteroatoms. The van der Waals surface area contributed by atoms with Crippen LogP contribution in [0.4, 0.5) is 0 Å². The van der Waals surface area contributed by atoms with E-state index in [1.165, 1.54) is 17.5 Å². The third-order valence-corrected chi connectivity index (χ3v) is 3.29. The monoisotopic (exact) mass is 205 g/mol. The van der Waals surface area contributed by atoms with E-state index in [1.54, 1.807) is 0 Å². The molecule has 0 aliphatic rings. The molecule has 0 fully saturated rings. The Balaban J connectivity index is 2.72. The lowest BCUT2D eigenvalue weighted by Crippen LogP contribution is -2.15. The Labute approximate surface area is 93.7 Å². The topological polar surface area (TPSA) is 26.0 Å². The van der Waals surface area contributed by atoms with Gasteiger partial charge in [-0.15, -0.1) is 0 Å². The van der Waals surface area contributed by atoms with Crippen LogP contribution < -0.4 is 5.73 Å². The Bertz CT molecular complexity index is 285. The Morgan fingerprint density at radius 3 is 2.20 bits per heavy atom. The van der Waals surface area contributed by atoms with Gasteiger partial charge in [-0.2, -0.15) is 0 Å². The summed E-state index contributed by atoms with van der Waals surface area (Å²) < 4.78 is 0. The fourth-order valence-electron chi connectivity index (χ4n) is 1.63. The van der Waals surface area contributed by atoms with Gasteiger partial charge < -0.3 is 5.73 Å². The average Bonchev–Trinajstić information content (AvgIpc) is 2.27. The maximum Gasteiger partial charge on any atom is -0.00741 e. The van der Waals surface area contributed by atoms with Gasteiger partial charge >= 0.3 is 0 Å². The van der Waals surface area contributed by atoms with Crippen LogP contribution in [0.1, 0.15) is 44.7 Å². The fraction of sp³-hybridized carbons (Fsp3) is 0.571. The zero-order valence-electron chi connectivity index (χ0n) is 10.2. The van der Waals surface area contributed by atoms with E-state index in [1.807, 2.05) is 0 Å². The van der Waals surface area contributed by atoms with Crippen LogP contribution in [-0.4, -0.2) is 6.54 Å². The molecular formula is C14H23N. The summed E-state index contributed by atoms with van der Waals surface area (Å²) in [7, 11) is 0. The first-order valence-electron chi connectivity index (χ1n) is 5.89. The van der Waals surface area contributed by atoms with E-state index in [0.29, 0.717) is 5.41 Å². The minimum Gasteiger partial charge on any atom is -0.330 e. The molecule has 15 heavy (non-hydrogen) atoms. The lowest BCUT2D eigenvalue weighted by Gasteiger charge is -2.23. The molecule has 0 radical (unpaired) electrons. The van der Waals surface area contributed by atoms with Crippen molar-refractivity contribution in [3.8, 4) is 0 Å². The molecule has 1 rings (SSSR count). The molecule has 1 aromatic rings. The van der Waals surface area contributed by atoms with Gasteiger partial charge in [0.15, 0.2) is 0 Å². The molecule has 0 bridgehead atoms. The summed E-state index contributed by atoms with van der Waals surface area (Å²) in [6, 6.07) is 9.00. The summed E-state index contributed by atoms with van der Waals surface area (Å²) in [5, 5.41) is 0. The minimum absolute atomic E-state index is 0.298. The van der Waals surface area contributed by atoms with Crippen molar-refractivity contribution in [3.05, 3.63) is 35.4 Å². The van der Waals surface area contributed by atoms with Crippen molar-refractivity contribution in [2.24, 2.45) is 5.73 Å². The lowest BCUT2D eigenvalue weighted by molar-refractivity contribution is 0.506. The largest absolute Gasteiger partial charge is 0.330 e. The zero-order valence-corrected chi connectivity index (χ0v) is 10.2. The van der Waals surface area contributed by atoms with Gasteiger partial charge in [0.05, 0.1) is 0 Å². The van der Waals surface area contributed by atoms with Crippen LogP contribution in [0.2, 0.25) is 0 Å². The second kappa shape index (κ2) is 5.32. The molecule has 1 nitrogen and oxygen atoms in total. The molecule has 0 unspecified atom stereocenters. The maximum absolute atomic E-state index is 5.50. The second-order valence-electron chi connectivity index (χ2n) is 4.83. The molecule has 0 saturated carbocycles. The molecule has 0 aliphatic heterocycles. The number of rotatable bonds is 5.